The van der Waals surface area contributed by atoms with Gasteiger partial charge in [0.1, 0.15) is 0 Å². The van der Waals surface area contributed by atoms with Gasteiger partial charge in [0.05, 0.1) is 10.6 Å². The second-order valence-electron chi connectivity index (χ2n) is 6.21. The van der Waals surface area contributed by atoms with Crippen molar-refractivity contribution in [2.45, 2.75) is 40.0 Å². The lowest BCUT2D eigenvalue weighted by Crippen LogP contribution is -1.99. The normalized spacial score (nSPS) is 10.9. The molecule has 0 bridgehead atoms. The smallest absolute Gasteiger partial charge is 0.258 e. The van der Waals surface area contributed by atoms with Crippen LogP contribution in [-0.4, -0.2) is 9.30 Å². The van der Waals surface area contributed by atoms with Crippen molar-refractivity contribution in [1.82, 2.24) is 4.37 Å². The molecular weight excluding hydrogens is 344 g/mol. The molecule has 0 aliphatic heterocycles. The molecule has 0 N–H and O–H groups in total. The highest BCUT2D eigenvalue weighted by molar-refractivity contribution is 7.04. The van der Waals surface area contributed by atoms with Crippen molar-refractivity contribution >= 4 is 17.2 Å². The number of hydrogen-bond acceptors (Lipinski definition) is 4. The van der Waals surface area contributed by atoms with Crippen LogP contribution in [0.15, 0.2) is 41.8 Å². The Morgan fingerprint density at radius 1 is 0.962 bits per heavy atom. The van der Waals surface area contributed by atoms with Crippen molar-refractivity contribution in [2.24, 2.45) is 0 Å². The highest BCUT2D eigenvalue weighted by atomic mass is 32.1. The molecular formula is C21H22N2O2S. The maximum absolute atomic E-state index is 10.9. The molecule has 0 spiro atoms. The molecule has 3 aromatic rings. The van der Waals surface area contributed by atoms with E-state index in [-0.39, 0.29) is 10.6 Å². The van der Waals surface area contributed by atoms with E-state index >= 15 is 0 Å². The van der Waals surface area contributed by atoms with E-state index in [9.17, 15) is 10.1 Å². The van der Waals surface area contributed by atoms with Gasteiger partial charge < -0.3 is 0 Å². The first-order chi connectivity index (χ1) is 12.6. The van der Waals surface area contributed by atoms with E-state index in [2.05, 4.69) is 37.3 Å². The third kappa shape index (κ3) is 3.40. The molecule has 0 aliphatic carbocycles. The average molecular weight is 366 g/mol. The van der Waals surface area contributed by atoms with E-state index in [0.717, 1.165) is 41.6 Å². The van der Waals surface area contributed by atoms with E-state index in [4.69, 9.17) is 0 Å². The Morgan fingerprint density at radius 3 is 2.08 bits per heavy atom. The van der Waals surface area contributed by atoms with Crippen LogP contribution in [0.2, 0.25) is 0 Å². The van der Waals surface area contributed by atoms with Gasteiger partial charge >= 0.3 is 0 Å². The molecule has 0 saturated carbocycles. The Kier molecular flexibility index (Phi) is 5.47. The first-order valence-corrected chi connectivity index (χ1v) is 9.76. The van der Waals surface area contributed by atoms with Crippen LogP contribution in [0.3, 0.4) is 0 Å². The van der Waals surface area contributed by atoms with E-state index in [1.165, 1.54) is 28.2 Å². The van der Waals surface area contributed by atoms with Crippen LogP contribution in [0.1, 0.15) is 37.5 Å². The molecule has 4 nitrogen and oxygen atoms in total. The van der Waals surface area contributed by atoms with E-state index in [1.54, 1.807) is 24.3 Å². The maximum Gasteiger partial charge on any atom is 0.269 e. The maximum atomic E-state index is 10.9. The summed E-state index contributed by atoms with van der Waals surface area (Å²) in [6, 6.07) is 11.2. The van der Waals surface area contributed by atoms with Gasteiger partial charge in [0.2, 0.25) is 0 Å². The predicted molar refractivity (Wildman–Crippen MR) is 108 cm³/mol. The van der Waals surface area contributed by atoms with Gasteiger partial charge in [-0.05, 0) is 77.3 Å². The molecule has 1 aromatic heterocycles. The number of aromatic nitrogens is 1. The summed E-state index contributed by atoms with van der Waals surface area (Å²) in [7, 11) is 0. The minimum Gasteiger partial charge on any atom is -0.258 e. The molecule has 3 rings (SSSR count). The Labute approximate surface area is 157 Å². The third-order valence-corrected chi connectivity index (χ3v) is 5.41. The van der Waals surface area contributed by atoms with Crippen LogP contribution in [0.4, 0.5) is 5.69 Å². The fourth-order valence-corrected chi connectivity index (χ4v) is 4.15. The molecule has 2 aromatic carbocycles. The number of hydrogen-bond donors (Lipinski definition) is 0. The van der Waals surface area contributed by atoms with Crippen LogP contribution in [0, 0.1) is 10.1 Å². The first-order valence-electron chi connectivity index (χ1n) is 8.93. The zero-order valence-electron chi connectivity index (χ0n) is 15.3. The monoisotopic (exact) mass is 366 g/mol. The van der Waals surface area contributed by atoms with Gasteiger partial charge in [0.15, 0.2) is 0 Å². The van der Waals surface area contributed by atoms with Gasteiger partial charge in [-0.3, -0.25) is 10.1 Å². The number of nitro groups is 1. The Morgan fingerprint density at radius 2 is 1.58 bits per heavy atom. The first kappa shape index (κ1) is 18.3. The van der Waals surface area contributed by atoms with Gasteiger partial charge in [0, 0.05) is 28.6 Å². The minimum absolute atomic E-state index is 0.104. The molecule has 0 radical (unpaired) electrons. The van der Waals surface area contributed by atoms with Gasteiger partial charge in [-0.25, -0.2) is 0 Å². The highest BCUT2D eigenvalue weighted by Gasteiger charge is 2.15. The summed E-state index contributed by atoms with van der Waals surface area (Å²) in [5, 5.41) is 12.9. The highest BCUT2D eigenvalue weighted by Crippen LogP contribution is 2.35. The number of nitro benzene ring substituents is 1. The Bertz CT molecular complexity index is 904. The van der Waals surface area contributed by atoms with Crippen LogP contribution in [0.25, 0.3) is 22.4 Å². The lowest BCUT2D eigenvalue weighted by atomic mass is 9.91. The molecule has 0 unspecified atom stereocenters. The number of nitrogens with zero attached hydrogens (tertiary/aromatic N) is 2. The van der Waals surface area contributed by atoms with Crippen LogP contribution >= 0.6 is 11.5 Å². The zero-order chi connectivity index (χ0) is 18.7. The molecule has 1 heterocycles. The molecule has 0 aliphatic rings. The van der Waals surface area contributed by atoms with Crippen molar-refractivity contribution in [2.75, 3.05) is 0 Å². The van der Waals surface area contributed by atoms with Crippen molar-refractivity contribution in [3.05, 3.63) is 68.6 Å². The fraction of sp³-hybridized carbons (Fsp3) is 0.286. The van der Waals surface area contributed by atoms with Gasteiger partial charge in [-0.2, -0.15) is 4.37 Å². The molecule has 5 heteroatoms. The SMILES string of the molecule is CCc1cc(-c2nscc2-c2ccc([N+](=O)[O-])cc2)cc(CC)c1CC. The summed E-state index contributed by atoms with van der Waals surface area (Å²) < 4.78 is 4.63. The molecule has 0 saturated heterocycles. The summed E-state index contributed by atoms with van der Waals surface area (Å²) in [6.07, 6.45) is 3.04. The van der Waals surface area contributed by atoms with E-state index < -0.39 is 0 Å². The molecule has 0 amide bonds. The molecule has 0 fully saturated rings. The third-order valence-electron chi connectivity index (χ3n) is 4.78. The lowest BCUT2D eigenvalue weighted by molar-refractivity contribution is -0.384. The summed E-state index contributed by atoms with van der Waals surface area (Å²) in [6.45, 7) is 6.59. The second kappa shape index (κ2) is 7.79. The van der Waals surface area contributed by atoms with Crippen molar-refractivity contribution in [3.8, 4) is 22.4 Å². The lowest BCUT2D eigenvalue weighted by Gasteiger charge is -2.14. The number of benzene rings is 2. The summed E-state index contributed by atoms with van der Waals surface area (Å²) >= 11 is 1.42. The number of non-ortho nitro benzene ring substituents is 1. The standard InChI is InChI=1S/C21H22N2O2S/c1-4-14-11-17(12-15(5-2)19(14)6-3)21-20(13-26-22-21)16-7-9-18(10-8-16)23(24)25/h7-13H,4-6H2,1-3H3. The summed E-state index contributed by atoms with van der Waals surface area (Å²) in [5.74, 6) is 0. The fourth-order valence-electron chi connectivity index (χ4n) is 3.43. The minimum atomic E-state index is -0.374. The largest absolute Gasteiger partial charge is 0.269 e. The topological polar surface area (TPSA) is 56.0 Å². The Balaban J connectivity index is 2.09. The van der Waals surface area contributed by atoms with Crippen LogP contribution in [0.5, 0.6) is 0 Å². The summed E-state index contributed by atoms with van der Waals surface area (Å²) in [5.41, 5.74) is 8.38. The average Bonchev–Trinajstić information content (AvgIpc) is 3.16. The van der Waals surface area contributed by atoms with Gasteiger partial charge in [-0.1, -0.05) is 20.8 Å². The quantitative estimate of drug-likeness (QED) is 0.393. The van der Waals surface area contributed by atoms with E-state index in [1.807, 2.05) is 5.38 Å². The van der Waals surface area contributed by atoms with Crippen molar-refractivity contribution in [3.63, 3.8) is 0 Å². The van der Waals surface area contributed by atoms with E-state index in [0.29, 0.717) is 0 Å². The Hall–Kier alpha value is -2.53. The zero-order valence-corrected chi connectivity index (χ0v) is 16.1. The molecule has 26 heavy (non-hydrogen) atoms. The second-order valence-corrected chi connectivity index (χ2v) is 6.84. The molecule has 0 atom stereocenters. The van der Waals surface area contributed by atoms with Crippen LogP contribution < -0.4 is 0 Å². The predicted octanol–water partition coefficient (Wildman–Crippen LogP) is 6.07. The summed E-state index contributed by atoms with van der Waals surface area (Å²) in [4.78, 5) is 10.5. The van der Waals surface area contributed by atoms with Gasteiger partial charge in [-0.15, -0.1) is 0 Å². The van der Waals surface area contributed by atoms with Crippen molar-refractivity contribution < 1.29 is 4.92 Å². The molecule has 134 valence electrons. The van der Waals surface area contributed by atoms with Crippen molar-refractivity contribution in [1.29, 1.82) is 0 Å². The van der Waals surface area contributed by atoms with Crippen LogP contribution in [-0.2, 0) is 19.3 Å². The number of rotatable bonds is 6. The van der Waals surface area contributed by atoms with Gasteiger partial charge in [0.25, 0.3) is 5.69 Å². The number of aryl methyl sites for hydroxylation is 2.